The first-order valence-corrected chi connectivity index (χ1v) is 9.38. The van der Waals surface area contributed by atoms with E-state index in [1.807, 2.05) is 30.3 Å². The Kier molecular flexibility index (Phi) is 4.60. The summed E-state index contributed by atoms with van der Waals surface area (Å²) < 4.78 is 2.13. The highest BCUT2D eigenvalue weighted by Crippen LogP contribution is 2.34. The van der Waals surface area contributed by atoms with Crippen molar-refractivity contribution in [2.24, 2.45) is 0 Å². The third-order valence-corrected chi connectivity index (χ3v) is 5.36. The Labute approximate surface area is 159 Å². The van der Waals surface area contributed by atoms with E-state index in [0.29, 0.717) is 5.03 Å². The molecule has 0 amide bonds. The van der Waals surface area contributed by atoms with Gasteiger partial charge in [0.2, 0.25) is 5.69 Å². The summed E-state index contributed by atoms with van der Waals surface area (Å²) in [4.78, 5) is 19.4. The summed E-state index contributed by atoms with van der Waals surface area (Å²) in [5.74, 6) is 0. The average molecular weight is 377 g/mol. The second-order valence-corrected chi connectivity index (χ2v) is 7.14. The first kappa shape index (κ1) is 17.2. The number of aryl methyl sites for hydroxylation is 1. The molecule has 1 aliphatic rings. The number of nitrogens with zero attached hydrogens (tertiary/aromatic N) is 5. The third kappa shape index (κ3) is 3.29. The van der Waals surface area contributed by atoms with Gasteiger partial charge in [-0.1, -0.05) is 18.2 Å². The molecule has 0 bridgehead atoms. The number of rotatable bonds is 4. The largest absolute Gasteiger partial charge is 0.305 e. The Morgan fingerprint density at radius 2 is 1.89 bits per heavy atom. The van der Waals surface area contributed by atoms with Crippen LogP contribution in [0.25, 0.3) is 5.69 Å². The van der Waals surface area contributed by atoms with Crippen molar-refractivity contribution in [3.63, 3.8) is 0 Å². The molecule has 0 radical (unpaired) electrons. The Hall–Kier alpha value is -3.18. The van der Waals surface area contributed by atoms with E-state index in [-0.39, 0.29) is 11.4 Å². The molecule has 134 valence electrons. The number of pyridine rings is 1. The minimum atomic E-state index is -0.594. The quantitative estimate of drug-likeness (QED) is 0.502. The molecule has 7 nitrogen and oxygen atoms in total. The second kappa shape index (κ2) is 7.21. The maximum atomic E-state index is 11.0. The summed E-state index contributed by atoms with van der Waals surface area (Å²) in [5, 5.41) is 21.5. The van der Waals surface area contributed by atoms with Gasteiger partial charge in [-0.05, 0) is 55.6 Å². The zero-order chi connectivity index (χ0) is 18.8. The third-order valence-electron chi connectivity index (χ3n) is 4.46. The van der Waals surface area contributed by atoms with Gasteiger partial charge in [0.15, 0.2) is 5.16 Å². The van der Waals surface area contributed by atoms with Crippen molar-refractivity contribution in [3.05, 3.63) is 69.7 Å². The van der Waals surface area contributed by atoms with Crippen molar-refractivity contribution in [1.82, 2.24) is 14.5 Å². The van der Waals surface area contributed by atoms with Crippen LogP contribution in [0.1, 0.15) is 29.9 Å². The average Bonchev–Trinajstić information content (AvgIpc) is 3.06. The van der Waals surface area contributed by atoms with Gasteiger partial charge in [-0.25, -0.2) is 9.97 Å². The van der Waals surface area contributed by atoms with Gasteiger partial charge in [-0.3, -0.25) is 14.7 Å². The van der Waals surface area contributed by atoms with Crippen LogP contribution in [0.3, 0.4) is 0 Å². The maximum absolute atomic E-state index is 11.0. The molecule has 0 fully saturated rings. The molecule has 8 heteroatoms. The van der Waals surface area contributed by atoms with Crippen molar-refractivity contribution in [3.8, 4) is 11.8 Å². The topological polar surface area (TPSA) is 97.6 Å². The number of imidazole rings is 1. The van der Waals surface area contributed by atoms with Crippen molar-refractivity contribution in [2.75, 3.05) is 0 Å². The molecule has 0 saturated carbocycles. The van der Waals surface area contributed by atoms with Crippen LogP contribution >= 0.6 is 11.8 Å². The molecule has 2 aromatic heterocycles. The molecule has 27 heavy (non-hydrogen) atoms. The van der Waals surface area contributed by atoms with Gasteiger partial charge in [0.1, 0.15) is 11.1 Å². The Bertz CT molecular complexity index is 1060. The summed E-state index contributed by atoms with van der Waals surface area (Å²) in [6.07, 6.45) is 4.16. The summed E-state index contributed by atoms with van der Waals surface area (Å²) in [7, 11) is 0. The van der Waals surface area contributed by atoms with Crippen molar-refractivity contribution in [1.29, 1.82) is 5.26 Å². The second-order valence-electron chi connectivity index (χ2n) is 6.15. The molecule has 0 unspecified atom stereocenters. The molecule has 2 heterocycles. The Morgan fingerprint density at radius 3 is 2.63 bits per heavy atom. The number of nitriles is 1. The predicted octanol–water partition coefficient (Wildman–Crippen LogP) is 4.08. The van der Waals surface area contributed by atoms with Gasteiger partial charge in [0.05, 0.1) is 10.6 Å². The van der Waals surface area contributed by atoms with Crippen LogP contribution < -0.4 is 0 Å². The SMILES string of the molecule is N#Cc1nc(Sc2nc3c(n2-c2ccccc2)CCCC3)ccc1[N+](=O)[O-]. The lowest BCUT2D eigenvalue weighted by atomic mass is 10.0. The number of nitro groups is 1. The van der Waals surface area contributed by atoms with Crippen LogP contribution in [0.2, 0.25) is 0 Å². The van der Waals surface area contributed by atoms with E-state index in [1.165, 1.54) is 23.5 Å². The Morgan fingerprint density at radius 1 is 1.11 bits per heavy atom. The number of benzene rings is 1. The van der Waals surface area contributed by atoms with Crippen molar-refractivity contribution >= 4 is 17.4 Å². The molecule has 0 aliphatic heterocycles. The first-order chi connectivity index (χ1) is 13.2. The molecular formula is C19H15N5O2S. The number of hydrogen-bond acceptors (Lipinski definition) is 6. The monoisotopic (exact) mass is 377 g/mol. The summed E-state index contributed by atoms with van der Waals surface area (Å²) in [6, 6.07) is 14.7. The highest BCUT2D eigenvalue weighted by molar-refractivity contribution is 7.99. The Balaban J connectivity index is 1.78. The first-order valence-electron chi connectivity index (χ1n) is 8.56. The van der Waals surface area contributed by atoms with E-state index in [9.17, 15) is 15.4 Å². The molecule has 0 saturated heterocycles. The fraction of sp³-hybridized carbons (Fsp3) is 0.211. The number of fused-ring (bicyclic) bond motifs is 1. The van der Waals surface area contributed by atoms with Crippen molar-refractivity contribution in [2.45, 2.75) is 35.9 Å². The van der Waals surface area contributed by atoms with Gasteiger partial charge in [-0.15, -0.1) is 0 Å². The van der Waals surface area contributed by atoms with Crippen molar-refractivity contribution < 1.29 is 4.92 Å². The van der Waals surface area contributed by atoms with Gasteiger partial charge in [-0.2, -0.15) is 5.26 Å². The van der Waals surface area contributed by atoms with Gasteiger partial charge >= 0.3 is 5.69 Å². The van der Waals surface area contributed by atoms with E-state index in [0.717, 1.165) is 42.2 Å². The normalized spacial score (nSPS) is 13.0. The molecule has 0 spiro atoms. The summed E-state index contributed by atoms with van der Waals surface area (Å²) in [6.45, 7) is 0. The van der Waals surface area contributed by atoms with Crippen LogP contribution in [0, 0.1) is 21.4 Å². The van der Waals surface area contributed by atoms with Crippen LogP contribution in [-0.4, -0.2) is 19.5 Å². The van der Waals surface area contributed by atoms with Crippen LogP contribution in [0.15, 0.2) is 52.6 Å². The molecule has 0 N–H and O–H groups in total. The van der Waals surface area contributed by atoms with Gasteiger partial charge < -0.3 is 0 Å². The van der Waals surface area contributed by atoms with E-state index in [4.69, 9.17) is 4.98 Å². The fourth-order valence-corrected chi connectivity index (χ4v) is 4.16. The summed E-state index contributed by atoms with van der Waals surface area (Å²) in [5.41, 5.74) is 2.85. The highest BCUT2D eigenvalue weighted by Gasteiger charge is 2.23. The smallest absolute Gasteiger partial charge is 0.291 e. The molecule has 3 aromatic rings. The number of aromatic nitrogens is 3. The van der Waals surface area contributed by atoms with E-state index in [1.54, 1.807) is 12.1 Å². The van der Waals surface area contributed by atoms with E-state index in [2.05, 4.69) is 9.55 Å². The lowest BCUT2D eigenvalue weighted by molar-refractivity contribution is -0.385. The van der Waals surface area contributed by atoms with Crippen LogP contribution in [0.5, 0.6) is 0 Å². The van der Waals surface area contributed by atoms with E-state index >= 15 is 0 Å². The van der Waals surface area contributed by atoms with Gasteiger partial charge in [0.25, 0.3) is 0 Å². The van der Waals surface area contributed by atoms with E-state index < -0.39 is 4.92 Å². The minimum absolute atomic E-state index is 0.187. The van der Waals surface area contributed by atoms with Gasteiger partial charge in [0, 0.05) is 17.4 Å². The number of para-hydroxylation sites is 1. The zero-order valence-electron chi connectivity index (χ0n) is 14.3. The standard InChI is InChI=1S/C19H15N5O2S/c20-12-15-17(24(25)26)10-11-18(21-15)27-19-22-14-8-4-5-9-16(14)23(19)13-6-2-1-3-7-13/h1-3,6-7,10-11H,4-5,8-9H2. The molecule has 1 aromatic carbocycles. The van der Waals surface area contributed by atoms with Crippen LogP contribution in [-0.2, 0) is 12.8 Å². The molecule has 1 aliphatic carbocycles. The number of hydrogen-bond donors (Lipinski definition) is 0. The maximum Gasteiger partial charge on any atom is 0.305 e. The van der Waals surface area contributed by atoms with Crippen LogP contribution in [0.4, 0.5) is 5.69 Å². The zero-order valence-corrected chi connectivity index (χ0v) is 15.1. The molecule has 4 rings (SSSR count). The summed E-state index contributed by atoms with van der Waals surface area (Å²) >= 11 is 1.32. The lowest BCUT2D eigenvalue weighted by Crippen LogP contribution is -2.07. The molecular weight excluding hydrogens is 362 g/mol. The minimum Gasteiger partial charge on any atom is -0.291 e. The predicted molar refractivity (Wildman–Crippen MR) is 99.9 cm³/mol. The fourth-order valence-electron chi connectivity index (χ4n) is 3.24. The lowest BCUT2D eigenvalue weighted by Gasteiger charge is -2.15. The highest BCUT2D eigenvalue weighted by atomic mass is 32.2. The molecule has 0 atom stereocenters.